The highest BCUT2D eigenvalue weighted by Crippen LogP contribution is 2.24. The van der Waals surface area contributed by atoms with Gasteiger partial charge in [0.05, 0.1) is 4.90 Å². The molecule has 0 fully saturated rings. The lowest BCUT2D eigenvalue weighted by molar-refractivity contribution is -0.137. The molecular formula is C18H29N3O5S. The lowest BCUT2D eigenvalue weighted by Gasteiger charge is -2.26. The number of rotatable bonds is 9. The molecule has 3 N–H and O–H groups in total. The zero-order valence-corrected chi connectivity index (χ0v) is 17.3. The highest BCUT2D eigenvalue weighted by Gasteiger charge is 2.25. The average molecular weight is 400 g/mol. The number of amides is 2. The van der Waals surface area contributed by atoms with Gasteiger partial charge in [0.2, 0.25) is 10.0 Å². The number of hydrogen-bond donors (Lipinski definition) is 3. The predicted octanol–water partition coefficient (Wildman–Crippen LogP) is 2.79. The summed E-state index contributed by atoms with van der Waals surface area (Å²) in [7, 11) is -3.65. The molecule has 152 valence electrons. The number of anilines is 1. The van der Waals surface area contributed by atoms with E-state index in [1.807, 2.05) is 0 Å². The maximum absolute atomic E-state index is 12.8. The Morgan fingerprint density at radius 3 is 2.30 bits per heavy atom. The van der Waals surface area contributed by atoms with E-state index in [4.69, 9.17) is 5.11 Å². The van der Waals surface area contributed by atoms with Crippen molar-refractivity contribution in [1.29, 1.82) is 0 Å². The molecule has 1 rings (SSSR count). The van der Waals surface area contributed by atoms with E-state index in [-0.39, 0.29) is 17.7 Å². The highest BCUT2D eigenvalue weighted by molar-refractivity contribution is 7.89. The Labute approximate surface area is 161 Å². The lowest BCUT2D eigenvalue weighted by Crippen LogP contribution is -2.45. The van der Waals surface area contributed by atoms with Crippen molar-refractivity contribution < 1.29 is 23.1 Å². The van der Waals surface area contributed by atoms with E-state index < -0.39 is 27.6 Å². The number of carboxylic acid groups (broad SMARTS) is 1. The van der Waals surface area contributed by atoms with Gasteiger partial charge in [-0.3, -0.25) is 4.79 Å². The van der Waals surface area contributed by atoms with Crippen molar-refractivity contribution in [3.63, 3.8) is 0 Å². The van der Waals surface area contributed by atoms with Crippen LogP contribution < -0.4 is 10.6 Å². The minimum absolute atomic E-state index is 0.0654. The second-order valence-electron chi connectivity index (χ2n) is 6.93. The molecule has 2 amide bonds. The molecule has 0 heterocycles. The fourth-order valence-electron chi connectivity index (χ4n) is 2.61. The number of nitrogens with zero attached hydrogens (tertiary/aromatic N) is 1. The summed E-state index contributed by atoms with van der Waals surface area (Å²) in [5.41, 5.74) is 0.219. The summed E-state index contributed by atoms with van der Waals surface area (Å²) in [5, 5.41) is 14.1. The Morgan fingerprint density at radius 2 is 1.78 bits per heavy atom. The van der Waals surface area contributed by atoms with Crippen LogP contribution in [0.2, 0.25) is 0 Å². The Bertz CT molecular complexity index is 786. The first kappa shape index (κ1) is 22.9. The van der Waals surface area contributed by atoms with Crippen LogP contribution in [0.25, 0.3) is 0 Å². The van der Waals surface area contributed by atoms with Gasteiger partial charge in [0.15, 0.2) is 0 Å². The molecule has 27 heavy (non-hydrogen) atoms. The van der Waals surface area contributed by atoms with Gasteiger partial charge in [0.25, 0.3) is 0 Å². The van der Waals surface area contributed by atoms with E-state index in [9.17, 15) is 18.0 Å². The van der Waals surface area contributed by atoms with Gasteiger partial charge in [0, 0.05) is 30.7 Å². The van der Waals surface area contributed by atoms with Gasteiger partial charge >= 0.3 is 12.0 Å². The van der Waals surface area contributed by atoms with E-state index >= 15 is 0 Å². The van der Waals surface area contributed by atoms with Crippen LogP contribution in [0.4, 0.5) is 10.5 Å². The number of nitrogens with one attached hydrogen (secondary N) is 2. The van der Waals surface area contributed by atoms with Crippen LogP contribution in [-0.2, 0) is 14.8 Å². The van der Waals surface area contributed by atoms with Crippen LogP contribution in [0, 0.1) is 6.92 Å². The second kappa shape index (κ2) is 9.18. The zero-order chi connectivity index (χ0) is 20.8. The van der Waals surface area contributed by atoms with Gasteiger partial charge in [0.1, 0.15) is 0 Å². The quantitative estimate of drug-likeness (QED) is 0.590. The van der Waals surface area contributed by atoms with Gasteiger partial charge in [-0.25, -0.2) is 13.2 Å². The third-order valence-corrected chi connectivity index (χ3v) is 6.38. The maximum Gasteiger partial charge on any atom is 0.319 e. The lowest BCUT2D eigenvalue weighted by atomic mass is 9.99. The topological polar surface area (TPSA) is 116 Å². The van der Waals surface area contributed by atoms with E-state index in [1.165, 1.54) is 10.4 Å². The van der Waals surface area contributed by atoms with Crippen LogP contribution in [0.5, 0.6) is 0 Å². The monoisotopic (exact) mass is 399 g/mol. The van der Waals surface area contributed by atoms with Gasteiger partial charge in [-0.2, -0.15) is 4.31 Å². The van der Waals surface area contributed by atoms with Crippen molar-refractivity contribution in [1.82, 2.24) is 9.62 Å². The van der Waals surface area contributed by atoms with Crippen molar-refractivity contribution in [3.05, 3.63) is 23.8 Å². The second-order valence-corrected chi connectivity index (χ2v) is 8.83. The van der Waals surface area contributed by atoms with Gasteiger partial charge < -0.3 is 15.7 Å². The van der Waals surface area contributed by atoms with Crippen molar-refractivity contribution in [3.8, 4) is 0 Å². The number of aryl methyl sites for hydroxylation is 1. The molecule has 9 heteroatoms. The number of carboxylic acids is 1. The molecule has 1 aromatic carbocycles. The van der Waals surface area contributed by atoms with Crippen LogP contribution in [0.3, 0.4) is 0 Å². The maximum atomic E-state index is 12.8. The molecule has 0 saturated carbocycles. The van der Waals surface area contributed by atoms with Crippen LogP contribution >= 0.6 is 0 Å². The fraction of sp³-hybridized carbons (Fsp3) is 0.556. The number of urea groups is 1. The molecule has 0 radical (unpaired) electrons. The summed E-state index contributed by atoms with van der Waals surface area (Å²) in [6, 6.07) is 4.18. The van der Waals surface area contributed by atoms with Crippen LogP contribution in [0.15, 0.2) is 23.1 Å². The summed E-state index contributed by atoms with van der Waals surface area (Å²) < 4.78 is 26.9. The van der Waals surface area contributed by atoms with Crippen LogP contribution in [-0.4, -0.2) is 48.5 Å². The molecule has 1 aromatic rings. The number of sulfonamides is 1. The molecule has 0 aliphatic rings. The van der Waals surface area contributed by atoms with E-state index in [0.717, 1.165) is 0 Å². The number of carbonyl (C=O) groups is 2. The summed E-state index contributed by atoms with van der Waals surface area (Å²) in [5.74, 6) is -0.935. The first-order valence-corrected chi connectivity index (χ1v) is 10.3. The fourth-order valence-corrected chi connectivity index (χ4v) is 4.32. The highest BCUT2D eigenvalue weighted by atomic mass is 32.2. The largest absolute Gasteiger partial charge is 0.481 e. The van der Waals surface area contributed by atoms with Gasteiger partial charge in [-0.15, -0.1) is 0 Å². The summed E-state index contributed by atoms with van der Waals surface area (Å²) >= 11 is 0. The molecule has 0 aromatic heterocycles. The summed E-state index contributed by atoms with van der Waals surface area (Å²) in [6.45, 7) is 9.40. The molecule has 0 aliphatic carbocycles. The van der Waals surface area contributed by atoms with Crippen molar-refractivity contribution in [2.75, 3.05) is 18.4 Å². The molecule has 0 atom stereocenters. The molecule has 0 bridgehead atoms. The summed E-state index contributed by atoms with van der Waals surface area (Å²) in [4.78, 5) is 23.1. The molecule has 0 spiro atoms. The molecular weight excluding hydrogens is 370 g/mol. The van der Waals surface area contributed by atoms with E-state index in [0.29, 0.717) is 24.3 Å². The van der Waals surface area contributed by atoms with Gasteiger partial charge in [-0.1, -0.05) is 19.9 Å². The predicted molar refractivity (Wildman–Crippen MR) is 104 cm³/mol. The van der Waals surface area contributed by atoms with Crippen molar-refractivity contribution in [2.24, 2.45) is 0 Å². The minimum Gasteiger partial charge on any atom is -0.481 e. The standard InChI is InChI=1S/C18H29N3O5S/c1-6-21(7-2)27(25,26)15-12-14(9-8-13(15)3)19-17(24)20-18(4,5)11-10-16(22)23/h8-9,12H,6-7,10-11H2,1-5H3,(H,22,23)(H2,19,20,24). The normalized spacial score (nSPS) is 12.1. The average Bonchev–Trinajstić information content (AvgIpc) is 2.55. The van der Waals surface area contributed by atoms with E-state index in [1.54, 1.807) is 46.8 Å². The molecule has 8 nitrogen and oxygen atoms in total. The van der Waals surface area contributed by atoms with E-state index in [2.05, 4.69) is 10.6 Å². The Morgan fingerprint density at radius 1 is 1.19 bits per heavy atom. The Balaban J connectivity index is 2.97. The van der Waals surface area contributed by atoms with Crippen molar-refractivity contribution >= 4 is 27.7 Å². The number of benzene rings is 1. The number of hydrogen-bond acceptors (Lipinski definition) is 4. The van der Waals surface area contributed by atoms with Crippen molar-refractivity contribution in [2.45, 2.75) is 57.9 Å². The van der Waals surface area contributed by atoms with Gasteiger partial charge in [-0.05, 0) is 44.9 Å². The van der Waals surface area contributed by atoms with Crippen LogP contribution in [0.1, 0.15) is 46.1 Å². The first-order chi connectivity index (χ1) is 12.4. The zero-order valence-electron chi connectivity index (χ0n) is 16.5. The third kappa shape index (κ3) is 6.51. The molecule has 0 aliphatic heterocycles. The smallest absolute Gasteiger partial charge is 0.319 e. The third-order valence-electron chi connectivity index (χ3n) is 4.19. The SMILES string of the molecule is CCN(CC)S(=O)(=O)c1cc(NC(=O)NC(C)(C)CCC(=O)O)ccc1C. The Hall–Kier alpha value is -2.13. The number of aliphatic carboxylic acids is 1. The molecule has 0 unspecified atom stereocenters. The number of carbonyl (C=O) groups excluding carboxylic acids is 1. The molecule has 0 saturated heterocycles. The Kier molecular flexibility index (Phi) is 7.79. The summed E-state index contributed by atoms with van der Waals surface area (Å²) in [6.07, 6.45) is 0.204. The minimum atomic E-state index is -3.65. The first-order valence-electron chi connectivity index (χ1n) is 8.84.